The first-order valence-electron chi connectivity index (χ1n) is 7.14. The number of nitro benzene ring substituents is 2. The molecule has 152 valence electrons. The van der Waals surface area contributed by atoms with E-state index in [-0.39, 0.29) is 11.3 Å². The van der Waals surface area contributed by atoms with Crippen LogP contribution in [0.4, 0.5) is 11.4 Å². The van der Waals surface area contributed by atoms with Crippen LogP contribution in [0.15, 0.2) is 48.5 Å². The second-order valence-electron chi connectivity index (χ2n) is 5.27. The van der Waals surface area contributed by atoms with E-state index >= 15 is 0 Å². The van der Waals surface area contributed by atoms with Gasteiger partial charge in [0.1, 0.15) is 11.5 Å². The Morgan fingerprint density at radius 1 is 0.786 bits per heavy atom. The Hall–Kier alpha value is -2.94. The van der Waals surface area contributed by atoms with Gasteiger partial charge in [0.2, 0.25) is 0 Å². The maximum Gasteiger partial charge on any atom is 0.280 e. The van der Waals surface area contributed by atoms with E-state index in [4.69, 9.17) is 9.11 Å². The third-order valence-corrected chi connectivity index (χ3v) is 4.38. The third-order valence-electron chi connectivity index (χ3n) is 3.01. The van der Waals surface area contributed by atoms with Gasteiger partial charge in [-0.2, -0.15) is 16.8 Å². The molecule has 0 aliphatic rings. The highest BCUT2D eigenvalue weighted by atomic mass is 32.2. The lowest BCUT2D eigenvalue weighted by Gasteiger charge is -2.00. The van der Waals surface area contributed by atoms with Crippen molar-refractivity contribution in [2.24, 2.45) is 0 Å². The molecule has 0 radical (unpaired) electrons. The first-order valence-corrected chi connectivity index (χ1v) is 10.4. The van der Waals surface area contributed by atoms with Crippen LogP contribution in [0.2, 0.25) is 0 Å². The Bertz CT molecular complexity index is 1070. The minimum Gasteiger partial charge on any atom is -0.285 e. The van der Waals surface area contributed by atoms with Crippen molar-refractivity contribution in [2.75, 3.05) is 0 Å². The molecule has 0 aliphatic carbocycles. The molecule has 0 spiro atoms. The normalized spacial score (nSPS) is 11.2. The first-order chi connectivity index (χ1) is 12.8. The van der Waals surface area contributed by atoms with Crippen molar-refractivity contribution >= 4 is 31.6 Å². The molecule has 0 fully saturated rings. The molecule has 0 saturated carbocycles. The molecule has 12 nitrogen and oxygen atoms in total. The van der Waals surface area contributed by atoms with E-state index in [9.17, 15) is 37.1 Å². The molecule has 2 aromatic rings. The van der Waals surface area contributed by atoms with Gasteiger partial charge in [-0.1, -0.05) is 30.3 Å². The van der Waals surface area contributed by atoms with Crippen molar-refractivity contribution in [3.05, 3.63) is 79.9 Å². The summed E-state index contributed by atoms with van der Waals surface area (Å²) < 4.78 is 58.9. The Balaban J connectivity index is 0.000000307. The molecule has 2 rings (SSSR count). The summed E-state index contributed by atoms with van der Waals surface area (Å²) in [5, 5.41) is 21.0. The fourth-order valence-corrected chi connectivity index (χ4v) is 3.19. The number of rotatable bonds is 6. The molecule has 0 bridgehead atoms. The van der Waals surface area contributed by atoms with Gasteiger partial charge in [0.05, 0.1) is 15.9 Å². The molecule has 28 heavy (non-hydrogen) atoms. The highest BCUT2D eigenvalue weighted by molar-refractivity contribution is 7.85. The number of benzene rings is 2. The van der Waals surface area contributed by atoms with Crippen LogP contribution >= 0.6 is 0 Å². The number of hydrogen-bond acceptors (Lipinski definition) is 8. The SMILES string of the molecule is O=S(=O)(O)Cc1ccccc1.O=[N+]([O-])c1ccc(CS(=O)(=O)O)c([N+](=O)[O-])c1. The van der Waals surface area contributed by atoms with Gasteiger partial charge in [0.25, 0.3) is 31.6 Å². The van der Waals surface area contributed by atoms with Gasteiger partial charge in [0, 0.05) is 11.6 Å². The van der Waals surface area contributed by atoms with Crippen LogP contribution in [-0.4, -0.2) is 35.8 Å². The van der Waals surface area contributed by atoms with Crippen LogP contribution in [0.25, 0.3) is 0 Å². The second-order valence-corrected chi connectivity index (χ2v) is 8.17. The first kappa shape index (κ1) is 23.1. The lowest BCUT2D eigenvalue weighted by atomic mass is 10.2. The van der Waals surface area contributed by atoms with E-state index in [0.717, 1.165) is 12.1 Å². The van der Waals surface area contributed by atoms with Gasteiger partial charge >= 0.3 is 0 Å². The van der Waals surface area contributed by atoms with Gasteiger partial charge in [-0.05, 0) is 11.6 Å². The predicted octanol–water partition coefficient (Wildman–Crippen LogP) is 1.97. The average molecular weight is 434 g/mol. The van der Waals surface area contributed by atoms with E-state index in [1.165, 1.54) is 0 Å². The summed E-state index contributed by atoms with van der Waals surface area (Å²) in [6, 6.07) is 11.0. The average Bonchev–Trinajstić information content (AvgIpc) is 2.53. The zero-order chi connectivity index (χ0) is 21.5. The Kier molecular flexibility index (Phi) is 7.69. The predicted molar refractivity (Wildman–Crippen MR) is 96.7 cm³/mol. The van der Waals surface area contributed by atoms with Crippen LogP contribution in [0.3, 0.4) is 0 Å². The molecule has 0 amide bonds. The largest absolute Gasteiger partial charge is 0.285 e. The van der Waals surface area contributed by atoms with Gasteiger partial charge in [-0.25, -0.2) is 0 Å². The minimum atomic E-state index is -4.44. The third kappa shape index (κ3) is 8.63. The Labute approximate surface area is 159 Å². The van der Waals surface area contributed by atoms with E-state index in [2.05, 4.69) is 0 Å². The molecule has 0 saturated heterocycles. The Morgan fingerprint density at radius 3 is 1.75 bits per heavy atom. The van der Waals surface area contributed by atoms with Crippen LogP contribution in [-0.2, 0) is 31.7 Å². The van der Waals surface area contributed by atoms with Crippen molar-refractivity contribution in [1.29, 1.82) is 0 Å². The van der Waals surface area contributed by atoms with E-state index < -0.39 is 47.2 Å². The van der Waals surface area contributed by atoms with E-state index in [0.29, 0.717) is 11.6 Å². The molecule has 0 heterocycles. The van der Waals surface area contributed by atoms with Crippen molar-refractivity contribution in [2.45, 2.75) is 11.5 Å². The van der Waals surface area contributed by atoms with E-state index in [1.807, 2.05) is 0 Å². The molecule has 0 aromatic heterocycles. The molecular weight excluding hydrogens is 420 g/mol. The van der Waals surface area contributed by atoms with Crippen LogP contribution < -0.4 is 0 Å². The summed E-state index contributed by atoms with van der Waals surface area (Å²) in [6.45, 7) is 0. The summed E-state index contributed by atoms with van der Waals surface area (Å²) in [6.07, 6.45) is 0. The van der Waals surface area contributed by atoms with Crippen molar-refractivity contribution in [3.8, 4) is 0 Å². The highest BCUT2D eigenvalue weighted by Crippen LogP contribution is 2.25. The Morgan fingerprint density at radius 2 is 1.32 bits per heavy atom. The highest BCUT2D eigenvalue weighted by Gasteiger charge is 2.22. The van der Waals surface area contributed by atoms with E-state index in [1.54, 1.807) is 30.3 Å². The molecule has 2 N–H and O–H groups in total. The van der Waals surface area contributed by atoms with Crippen molar-refractivity contribution < 1.29 is 35.8 Å². The van der Waals surface area contributed by atoms with Crippen molar-refractivity contribution in [1.82, 2.24) is 0 Å². The monoisotopic (exact) mass is 434 g/mol. The molecule has 0 unspecified atom stereocenters. The molecule has 0 atom stereocenters. The lowest BCUT2D eigenvalue weighted by Crippen LogP contribution is -2.05. The van der Waals surface area contributed by atoms with Crippen LogP contribution in [0.5, 0.6) is 0 Å². The number of nitro groups is 2. The number of hydrogen-bond donors (Lipinski definition) is 2. The number of non-ortho nitro benzene ring substituents is 1. The summed E-state index contributed by atoms with van der Waals surface area (Å²) in [5.74, 6) is -1.28. The minimum absolute atomic E-state index is 0.312. The zero-order valence-electron chi connectivity index (χ0n) is 13.9. The summed E-state index contributed by atoms with van der Waals surface area (Å²) in [7, 11) is -8.32. The second kappa shape index (κ2) is 9.32. The topological polar surface area (TPSA) is 195 Å². The van der Waals surface area contributed by atoms with Crippen LogP contribution in [0.1, 0.15) is 11.1 Å². The van der Waals surface area contributed by atoms with Crippen LogP contribution in [0, 0.1) is 20.2 Å². The van der Waals surface area contributed by atoms with Gasteiger partial charge in [0.15, 0.2) is 0 Å². The smallest absolute Gasteiger partial charge is 0.280 e. The van der Waals surface area contributed by atoms with Gasteiger partial charge in [-0.3, -0.25) is 29.3 Å². The lowest BCUT2D eigenvalue weighted by molar-refractivity contribution is -0.394. The summed E-state index contributed by atoms with van der Waals surface area (Å²) in [5.41, 5.74) is -0.981. The fourth-order valence-electron chi connectivity index (χ4n) is 1.94. The zero-order valence-corrected chi connectivity index (χ0v) is 15.5. The van der Waals surface area contributed by atoms with Gasteiger partial charge < -0.3 is 0 Å². The number of nitrogens with zero attached hydrogens (tertiary/aromatic N) is 2. The summed E-state index contributed by atoms with van der Waals surface area (Å²) in [4.78, 5) is 19.2. The molecule has 0 aliphatic heterocycles. The fraction of sp³-hybridized carbons (Fsp3) is 0.143. The summed E-state index contributed by atoms with van der Waals surface area (Å²) >= 11 is 0. The molecule has 14 heteroatoms. The molecule has 2 aromatic carbocycles. The maximum absolute atomic E-state index is 10.6. The standard InChI is InChI=1S/C7H6N2O7S.C7H8O3S/c10-8(11)6-2-1-5(4-17(14,15)16)7(3-6)9(12)13;8-11(9,10)6-7-4-2-1-3-5-7/h1-3H,4H2,(H,14,15,16);1-5H,6H2,(H,8,9,10). The quantitative estimate of drug-likeness (QED) is 0.385. The maximum atomic E-state index is 10.6. The van der Waals surface area contributed by atoms with Gasteiger partial charge in [-0.15, -0.1) is 0 Å². The van der Waals surface area contributed by atoms with Crippen molar-refractivity contribution in [3.63, 3.8) is 0 Å². The molecular formula is C14H14N2O10S2.